The van der Waals surface area contributed by atoms with Crippen molar-refractivity contribution in [2.45, 2.75) is 18.2 Å². The molecule has 4 rings (SSSR count). The van der Waals surface area contributed by atoms with Crippen LogP contribution in [0.3, 0.4) is 0 Å². The molecule has 1 aliphatic heterocycles. The Balaban J connectivity index is 1.62. The second kappa shape index (κ2) is 6.59. The third kappa shape index (κ3) is 3.33. The predicted molar refractivity (Wildman–Crippen MR) is 103 cm³/mol. The summed E-state index contributed by atoms with van der Waals surface area (Å²) in [6, 6.07) is 15.2. The second-order valence-electron chi connectivity index (χ2n) is 6.45. The van der Waals surface area contributed by atoms with E-state index in [9.17, 15) is 13.2 Å². The van der Waals surface area contributed by atoms with Crippen molar-refractivity contribution in [3.63, 3.8) is 0 Å². The van der Waals surface area contributed by atoms with E-state index in [4.69, 9.17) is 4.42 Å². The van der Waals surface area contributed by atoms with E-state index in [-0.39, 0.29) is 16.6 Å². The maximum atomic E-state index is 12.6. The first kappa shape index (κ1) is 17.4. The van der Waals surface area contributed by atoms with Crippen molar-refractivity contribution in [2.24, 2.45) is 0 Å². The van der Waals surface area contributed by atoms with Gasteiger partial charge < -0.3 is 9.32 Å². The fourth-order valence-electron chi connectivity index (χ4n) is 3.12. The fraction of sp³-hybridized carbons (Fsp3) is 0.150. The maximum Gasteiger partial charge on any atom is 0.293 e. The summed E-state index contributed by atoms with van der Waals surface area (Å²) in [5, 5.41) is 0. The van der Waals surface area contributed by atoms with Gasteiger partial charge in [0.1, 0.15) is 0 Å². The standard InChI is InChI=1S/C20H18N2O4S/c1-14-4-8-17(9-5-14)27(24,25)21-16-7-6-15-10-11-22(18(15)13-16)20(23)19-3-2-12-26-19/h2-9,12-13,21H,10-11H2,1H3. The molecule has 0 unspecified atom stereocenters. The number of hydrogen-bond acceptors (Lipinski definition) is 4. The Morgan fingerprint density at radius 1 is 1.11 bits per heavy atom. The van der Waals surface area contributed by atoms with Crippen LogP contribution in [0.5, 0.6) is 0 Å². The van der Waals surface area contributed by atoms with Gasteiger partial charge in [-0.05, 0) is 55.3 Å². The van der Waals surface area contributed by atoms with Crippen LogP contribution in [0.4, 0.5) is 11.4 Å². The Morgan fingerprint density at radius 2 is 1.89 bits per heavy atom. The highest BCUT2D eigenvalue weighted by molar-refractivity contribution is 7.92. The molecule has 27 heavy (non-hydrogen) atoms. The van der Waals surface area contributed by atoms with Crippen LogP contribution < -0.4 is 9.62 Å². The Hall–Kier alpha value is -3.06. The number of aryl methyl sites for hydroxylation is 1. The zero-order valence-electron chi connectivity index (χ0n) is 14.7. The number of furan rings is 1. The van der Waals surface area contributed by atoms with Gasteiger partial charge in [0, 0.05) is 12.2 Å². The van der Waals surface area contributed by atoms with Crippen molar-refractivity contribution in [3.8, 4) is 0 Å². The van der Waals surface area contributed by atoms with E-state index in [2.05, 4.69) is 4.72 Å². The topological polar surface area (TPSA) is 79.6 Å². The summed E-state index contributed by atoms with van der Waals surface area (Å²) >= 11 is 0. The van der Waals surface area contributed by atoms with Gasteiger partial charge in [-0.15, -0.1) is 0 Å². The lowest BCUT2D eigenvalue weighted by Gasteiger charge is -2.17. The zero-order valence-corrected chi connectivity index (χ0v) is 15.5. The third-order valence-electron chi connectivity index (χ3n) is 4.54. The molecule has 1 aromatic heterocycles. The van der Waals surface area contributed by atoms with E-state index in [1.807, 2.05) is 13.0 Å². The molecule has 0 saturated heterocycles. The van der Waals surface area contributed by atoms with Crippen molar-refractivity contribution in [1.29, 1.82) is 0 Å². The molecule has 2 aromatic carbocycles. The van der Waals surface area contributed by atoms with E-state index in [0.29, 0.717) is 24.3 Å². The van der Waals surface area contributed by atoms with Gasteiger partial charge in [0.2, 0.25) is 0 Å². The Morgan fingerprint density at radius 3 is 2.59 bits per heavy atom. The number of carbonyl (C=O) groups excluding carboxylic acids is 1. The van der Waals surface area contributed by atoms with E-state index in [1.54, 1.807) is 53.4 Å². The van der Waals surface area contributed by atoms with Crippen LogP contribution in [0.1, 0.15) is 21.7 Å². The summed E-state index contributed by atoms with van der Waals surface area (Å²) in [6.07, 6.45) is 2.17. The first-order valence-corrected chi connectivity index (χ1v) is 10.0. The molecule has 0 radical (unpaired) electrons. The van der Waals surface area contributed by atoms with Gasteiger partial charge in [-0.2, -0.15) is 0 Å². The highest BCUT2D eigenvalue weighted by Gasteiger charge is 2.27. The minimum absolute atomic E-state index is 0.192. The van der Waals surface area contributed by atoms with Crippen LogP contribution in [-0.4, -0.2) is 20.9 Å². The summed E-state index contributed by atoms with van der Waals surface area (Å²) in [5.74, 6) is 0.0192. The molecule has 1 amide bonds. The van der Waals surface area contributed by atoms with Gasteiger partial charge in [-0.1, -0.05) is 23.8 Å². The predicted octanol–water partition coefficient (Wildman–Crippen LogP) is 3.59. The summed E-state index contributed by atoms with van der Waals surface area (Å²) in [6.45, 7) is 2.43. The number of hydrogen-bond donors (Lipinski definition) is 1. The van der Waals surface area contributed by atoms with Crippen LogP contribution in [0.2, 0.25) is 0 Å². The monoisotopic (exact) mass is 382 g/mol. The van der Waals surface area contributed by atoms with Crippen LogP contribution in [0.25, 0.3) is 0 Å². The van der Waals surface area contributed by atoms with Crippen molar-refractivity contribution in [2.75, 3.05) is 16.2 Å². The molecule has 0 aliphatic carbocycles. The fourth-order valence-corrected chi connectivity index (χ4v) is 4.17. The summed E-state index contributed by atoms with van der Waals surface area (Å²) in [4.78, 5) is 14.4. The maximum absolute atomic E-state index is 12.6. The van der Waals surface area contributed by atoms with Crippen LogP contribution >= 0.6 is 0 Å². The number of amides is 1. The molecule has 6 nitrogen and oxygen atoms in total. The first-order chi connectivity index (χ1) is 12.9. The van der Waals surface area contributed by atoms with E-state index >= 15 is 0 Å². The molecule has 3 aromatic rings. The molecule has 0 bridgehead atoms. The third-order valence-corrected chi connectivity index (χ3v) is 5.94. The zero-order chi connectivity index (χ0) is 19.0. The van der Waals surface area contributed by atoms with E-state index in [0.717, 1.165) is 11.1 Å². The number of sulfonamides is 1. The molecule has 0 atom stereocenters. The molecule has 1 N–H and O–H groups in total. The van der Waals surface area contributed by atoms with Gasteiger partial charge in [0.15, 0.2) is 5.76 Å². The average Bonchev–Trinajstić information content (AvgIpc) is 3.31. The molecule has 138 valence electrons. The minimum atomic E-state index is -3.70. The average molecular weight is 382 g/mol. The first-order valence-electron chi connectivity index (χ1n) is 8.52. The molecule has 7 heteroatoms. The normalized spacial score (nSPS) is 13.4. The van der Waals surface area contributed by atoms with Crippen LogP contribution in [0, 0.1) is 6.92 Å². The van der Waals surface area contributed by atoms with Gasteiger partial charge in [-0.25, -0.2) is 8.42 Å². The molecule has 1 aliphatic rings. The minimum Gasteiger partial charge on any atom is -0.459 e. The Bertz CT molecular complexity index is 1090. The second-order valence-corrected chi connectivity index (χ2v) is 8.13. The molecule has 0 saturated carbocycles. The number of nitrogens with zero attached hydrogens (tertiary/aromatic N) is 1. The Labute approximate surface area is 157 Å². The summed E-state index contributed by atoms with van der Waals surface area (Å²) in [5.41, 5.74) is 3.08. The number of benzene rings is 2. The van der Waals surface area contributed by atoms with E-state index in [1.165, 1.54) is 6.26 Å². The number of fused-ring (bicyclic) bond motifs is 1. The Kier molecular flexibility index (Phi) is 4.24. The summed E-state index contributed by atoms with van der Waals surface area (Å²) < 4.78 is 33.0. The van der Waals surface area contributed by atoms with Crippen molar-refractivity contribution >= 4 is 27.3 Å². The lowest BCUT2D eigenvalue weighted by molar-refractivity contribution is 0.0963. The summed E-state index contributed by atoms with van der Waals surface area (Å²) in [7, 11) is -3.70. The van der Waals surface area contributed by atoms with Crippen LogP contribution in [0.15, 0.2) is 70.2 Å². The lowest BCUT2D eigenvalue weighted by Crippen LogP contribution is -2.28. The molecule has 0 spiro atoms. The molecule has 0 fully saturated rings. The van der Waals surface area contributed by atoms with E-state index < -0.39 is 10.0 Å². The number of carbonyl (C=O) groups is 1. The van der Waals surface area contributed by atoms with Gasteiger partial charge >= 0.3 is 0 Å². The van der Waals surface area contributed by atoms with Crippen molar-refractivity contribution in [1.82, 2.24) is 0 Å². The number of nitrogens with one attached hydrogen (secondary N) is 1. The molecular weight excluding hydrogens is 364 g/mol. The molecular formula is C20H18N2O4S. The van der Waals surface area contributed by atoms with Crippen molar-refractivity contribution < 1.29 is 17.6 Å². The number of rotatable bonds is 4. The lowest BCUT2D eigenvalue weighted by atomic mass is 10.1. The smallest absolute Gasteiger partial charge is 0.293 e. The number of anilines is 2. The van der Waals surface area contributed by atoms with Gasteiger partial charge in [-0.3, -0.25) is 9.52 Å². The highest BCUT2D eigenvalue weighted by atomic mass is 32.2. The highest BCUT2D eigenvalue weighted by Crippen LogP contribution is 2.32. The SMILES string of the molecule is Cc1ccc(S(=O)(=O)Nc2ccc3c(c2)N(C(=O)c2ccco2)CC3)cc1. The van der Waals surface area contributed by atoms with Crippen LogP contribution in [-0.2, 0) is 16.4 Å². The largest absolute Gasteiger partial charge is 0.459 e. The van der Waals surface area contributed by atoms with Gasteiger partial charge in [0.05, 0.1) is 16.8 Å². The van der Waals surface area contributed by atoms with Crippen molar-refractivity contribution in [3.05, 3.63) is 77.7 Å². The molecule has 2 heterocycles. The quantitative estimate of drug-likeness (QED) is 0.748. The van der Waals surface area contributed by atoms with Gasteiger partial charge in [0.25, 0.3) is 15.9 Å².